The van der Waals surface area contributed by atoms with Crippen LogP contribution in [0.1, 0.15) is 37.7 Å². The lowest BCUT2D eigenvalue weighted by atomic mass is 10.1. The third kappa shape index (κ3) is 3.69. The Morgan fingerprint density at radius 3 is 2.81 bits per heavy atom. The molecule has 0 aromatic carbocycles. The maximum Gasteiger partial charge on any atom is 0.273 e. The average molecular weight is 306 g/mol. The second-order valence-corrected chi connectivity index (χ2v) is 6.16. The van der Waals surface area contributed by atoms with Gasteiger partial charge >= 0.3 is 0 Å². The van der Waals surface area contributed by atoms with Crippen LogP contribution in [0, 0.1) is 5.92 Å². The number of rotatable bonds is 6. The molecule has 0 fully saturated rings. The first-order valence-electron chi connectivity index (χ1n) is 7.28. The highest BCUT2D eigenvalue weighted by Crippen LogP contribution is 2.23. The Kier molecular flexibility index (Phi) is 5.12. The van der Waals surface area contributed by atoms with Crippen LogP contribution in [0.15, 0.2) is 17.8 Å². The van der Waals surface area contributed by atoms with Crippen LogP contribution < -0.4 is 0 Å². The highest BCUT2D eigenvalue weighted by molar-refractivity contribution is 7.13. The van der Waals surface area contributed by atoms with E-state index in [-0.39, 0.29) is 5.91 Å². The van der Waals surface area contributed by atoms with Gasteiger partial charge in [0.25, 0.3) is 5.91 Å². The molecule has 1 amide bonds. The van der Waals surface area contributed by atoms with E-state index in [1.54, 1.807) is 10.9 Å². The van der Waals surface area contributed by atoms with Crippen molar-refractivity contribution >= 4 is 17.2 Å². The normalized spacial score (nSPS) is 12.4. The highest BCUT2D eigenvalue weighted by Gasteiger charge is 2.19. The van der Waals surface area contributed by atoms with Gasteiger partial charge in [-0.15, -0.1) is 11.3 Å². The van der Waals surface area contributed by atoms with Crippen LogP contribution in [-0.2, 0) is 7.05 Å². The SMILES string of the molecule is CCC(C)CN(CC)C(=O)c1csc(-c2cnn(C)c2)n1. The van der Waals surface area contributed by atoms with E-state index >= 15 is 0 Å². The van der Waals surface area contributed by atoms with E-state index in [1.165, 1.54) is 11.3 Å². The summed E-state index contributed by atoms with van der Waals surface area (Å²) < 4.78 is 1.74. The summed E-state index contributed by atoms with van der Waals surface area (Å²) in [6.45, 7) is 7.81. The third-order valence-electron chi connectivity index (χ3n) is 3.57. The standard InChI is InChI=1S/C15H22N4OS/c1-5-11(3)8-19(6-2)15(20)13-10-21-14(17-13)12-7-16-18(4)9-12/h7,9-11H,5-6,8H2,1-4H3. The smallest absolute Gasteiger partial charge is 0.273 e. The van der Waals surface area contributed by atoms with Gasteiger partial charge in [-0.2, -0.15) is 5.10 Å². The number of carbonyl (C=O) groups is 1. The van der Waals surface area contributed by atoms with E-state index in [1.807, 2.05) is 30.4 Å². The van der Waals surface area contributed by atoms with Gasteiger partial charge < -0.3 is 4.90 Å². The van der Waals surface area contributed by atoms with Crippen LogP contribution in [0.4, 0.5) is 0 Å². The van der Waals surface area contributed by atoms with Crippen LogP contribution in [0.25, 0.3) is 10.6 Å². The quantitative estimate of drug-likeness (QED) is 0.824. The average Bonchev–Trinajstić information content (AvgIpc) is 3.12. The Bertz CT molecular complexity index is 604. The zero-order valence-electron chi connectivity index (χ0n) is 13.0. The summed E-state index contributed by atoms with van der Waals surface area (Å²) in [5, 5.41) is 6.81. The molecule has 2 aromatic heterocycles. The molecule has 1 atom stereocenters. The van der Waals surface area contributed by atoms with Crippen molar-refractivity contribution in [2.45, 2.75) is 27.2 Å². The third-order valence-corrected chi connectivity index (χ3v) is 4.46. The van der Waals surface area contributed by atoms with Gasteiger partial charge in [0.1, 0.15) is 10.7 Å². The number of aryl methyl sites for hydroxylation is 1. The molecule has 0 spiro atoms. The van der Waals surface area contributed by atoms with E-state index in [2.05, 4.69) is 23.9 Å². The fourth-order valence-corrected chi connectivity index (χ4v) is 2.83. The molecule has 1 unspecified atom stereocenters. The maximum absolute atomic E-state index is 12.5. The van der Waals surface area contributed by atoms with E-state index in [0.717, 1.165) is 23.5 Å². The van der Waals surface area contributed by atoms with Crippen molar-refractivity contribution in [2.75, 3.05) is 13.1 Å². The summed E-state index contributed by atoms with van der Waals surface area (Å²) in [5.41, 5.74) is 1.48. The lowest BCUT2D eigenvalue weighted by molar-refractivity contribution is 0.0736. The van der Waals surface area contributed by atoms with Gasteiger partial charge in [-0.05, 0) is 12.8 Å². The van der Waals surface area contributed by atoms with Crippen molar-refractivity contribution in [3.8, 4) is 10.6 Å². The summed E-state index contributed by atoms with van der Waals surface area (Å²) in [4.78, 5) is 18.9. The summed E-state index contributed by atoms with van der Waals surface area (Å²) in [6.07, 6.45) is 4.75. The van der Waals surface area contributed by atoms with E-state index < -0.39 is 0 Å². The number of amides is 1. The fraction of sp³-hybridized carbons (Fsp3) is 0.533. The van der Waals surface area contributed by atoms with Gasteiger partial charge in [0, 0.05) is 37.3 Å². The molecule has 2 heterocycles. The molecule has 0 aliphatic carbocycles. The van der Waals surface area contributed by atoms with Crippen molar-refractivity contribution < 1.29 is 4.79 Å². The summed E-state index contributed by atoms with van der Waals surface area (Å²) in [7, 11) is 1.87. The summed E-state index contributed by atoms with van der Waals surface area (Å²) in [6, 6.07) is 0. The Labute approximate surface area is 129 Å². The van der Waals surface area contributed by atoms with E-state index in [0.29, 0.717) is 18.2 Å². The molecule has 5 nitrogen and oxygen atoms in total. The first-order valence-corrected chi connectivity index (χ1v) is 8.16. The van der Waals surface area contributed by atoms with Crippen LogP contribution >= 0.6 is 11.3 Å². The Morgan fingerprint density at radius 2 is 2.24 bits per heavy atom. The molecule has 114 valence electrons. The zero-order valence-corrected chi connectivity index (χ0v) is 13.9. The molecule has 0 N–H and O–H groups in total. The number of hydrogen-bond acceptors (Lipinski definition) is 4. The van der Waals surface area contributed by atoms with Crippen molar-refractivity contribution in [3.05, 3.63) is 23.5 Å². The van der Waals surface area contributed by atoms with Gasteiger partial charge in [-0.1, -0.05) is 20.3 Å². The van der Waals surface area contributed by atoms with Crippen LogP contribution in [-0.4, -0.2) is 38.7 Å². The molecule has 0 radical (unpaired) electrons. The Morgan fingerprint density at radius 1 is 1.48 bits per heavy atom. The number of thiazole rings is 1. The van der Waals surface area contributed by atoms with Gasteiger partial charge in [0.15, 0.2) is 0 Å². The monoisotopic (exact) mass is 306 g/mol. The molecule has 2 aromatic rings. The minimum atomic E-state index is 0.0178. The maximum atomic E-state index is 12.5. The molecule has 6 heteroatoms. The second kappa shape index (κ2) is 6.85. The first kappa shape index (κ1) is 15.7. The molecule has 0 saturated heterocycles. The minimum Gasteiger partial charge on any atom is -0.337 e. The van der Waals surface area contributed by atoms with Crippen molar-refractivity contribution in [1.29, 1.82) is 0 Å². The highest BCUT2D eigenvalue weighted by atomic mass is 32.1. The van der Waals surface area contributed by atoms with Gasteiger partial charge in [-0.25, -0.2) is 4.98 Å². The summed E-state index contributed by atoms with van der Waals surface area (Å²) in [5.74, 6) is 0.523. The lowest BCUT2D eigenvalue weighted by Crippen LogP contribution is -2.34. The summed E-state index contributed by atoms with van der Waals surface area (Å²) >= 11 is 1.48. The molecular weight excluding hydrogens is 284 g/mol. The fourth-order valence-electron chi connectivity index (χ4n) is 2.06. The predicted molar refractivity (Wildman–Crippen MR) is 85.3 cm³/mol. The van der Waals surface area contributed by atoms with Crippen LogP contribution in [0.5, 0.6) is 0 Å². The van der Waals surface area contributed by atoms with E-state index in [9.17, 15) is 4.79 Å². The van der Waals surface area contributed by atoms with Crippen LogP contribution in [0.2, 0.25) is 0 Å². The largest absolute Gasteiger partial charge is 0.337 e. The number of carbonyl (C=O) groups excluding carboxylic acids is 1. The molecule has 2 rings (SSSR count). The molecular formula is C15H22N4OS. The van der Waals surface area contributed by atoms with Gasteiger partial charge in [0.05, 0.1) is 6.20 Å². The zero-order chi connectivity index (χ0) is 15.4. The van der Waals surface area contributed by atoms with Gasteiger partial charge in [0.2, 0.25) is 0 Å². The number of hydrogen-bond donors (Lipinski definition) is 0. The van der Waals surface area contributed by atoms with Gasteiger partial charge in [-0.3, -0.25) is 9.48 Å². The molecule has 0 bridgehead atoms. The molecule has 21 heavy (non-hydrogen) atoms. The number of nitrogens with zero attached hydrogens (tertiary/aromatic N) is 4. The van der Waals surface area contributed by atoms with E-state index in [4.69, 9.17) is 0 Å². The molecule has 0 saturated carbocycles. The minimum absolute atomic E-state index is 0.0178. The van der Waals surface area contributed by atoms with Crippen molar-refractivity contribution in [1.82, 2.24) is 19.7 Å². The molecule has 0 aliphatic rings. The Hall–Kier alpha value is -1.69. The second-order valence-electron chi connectivity index (χ2n) is 5.30. The van der Waals surface area contributed by atoms with Crippen molar-refractivity contribution in [2.24, 2.45) is 13.0 Å². The predicted octanol–water partition coefficient (Wildman–Crippen LogP) is 3.05. The number of aromatic nitrogens is 3. The molecule has 0 aliphatic heterocycles. The van der Waals surface area contributed by atoms with Crippen molar-refractivity contribution in [3.63, 3.8) is 0 Å². The van der Waals surface area contributed by atoms with Crippen LogP contribution in [0.3, 0.4) is 0 Å². The Balaban J connectivity index is 2.14. The topological polar surface area (TPSA) is 51.0 Å². The lowest BCUT2D eigenvalue weighted by Gasteiger charge is -2.23. The first-order chi connectivity index (χ1) is 10.0.